The first-order valence-corrected chi connectivity index (χ1v) is 8.21. The molecule has 0 bridgehead atoms. The summed E-state index contributed by atoms with van der Waals surface area (Å²) >= 11 is 1.84. The third-order valence-electron chi connectivity index (χ3n) is 2.76. The molecule has 0 amide bonds. The lowest BCUT2D eigenvalue weighted by atomic mass is 10.2. The zero-order valence-corrected chi connectivity index (χ0v) is 13.0. The zero-order valence-electron chi connectivity index (χ0n) is 12.2. The molecule has 0 saturated carbocycles. The fourth-order valence-electron chi connectivity index (χ4n) is 1.80. The Morgan fingerprint density at radius 1 is 1.32 bits per heavy atom. The lowest BCUT2D eigenvalue weighted by Gasteiger charge is -2.15. The van der Waals surface area contributed by atoms with Gasteiger partial charge in [0.1, 0.15) is 0 Å². The molecule has 3 nitrogen and oxygen atoms in total. The number of methoxy groups -OCH3 is 1. The molecule has 0 aliphatic carbocycles. The summed E-state index contributed by atoms with van der Waals surface area (Å²) in [6, 6.07) is 6.05. The fourth-order valence-corrected chi connectivity index (χ4v) is 2.21. The first-order valence-electron chi connectivity index (χ1n) is 6.81. The van der Waals surface area contributed by atoms with Crippen LogP contribution in [0.15, 0.2) is 18.2 Å². The van der Waals surface area contributed by atoms with Gasteiger partial charge in [0.25, 0.3) is 0 Å². The lowest BCUT2D eigenvalue weighted by Crippen LogP contribution is -2.15. The molecule has 0 saturated heterocycles. The second-order valence-corrected chi connectivity index (χ2v) is 5.31. The maximum absolute atomic E-state index is 5.91. The molecule has 19 heavy (non-hydrogen) atoms. The fraction of sp³-hybridized carbons (Fsp3) is 0.600. The van der Waals surface area contributed by atoms with Gasteiger partial charge in [-0.25, -0.2) is 0 Å². The predicted octanol–water partition coefficient (Wildman–Crippen LogP) is 3.33. The molecule has 0 atom stereocenters. The van der Waals surface area contributed by atoms with E-state index in [-0.39, 0.29) is 0 Å². The number of benzene rings is 1. The van der Waals surface area contributed by atoms with Crippen molar-refractivity contribution in [2.24, 2.45) is 0 Å². The van der Waals surface area contributed by atoms with E-state index >= 15 is 0 Å². The number of rotatable bonds is 10. The van der Waals surface area contributed by atoms with E-state index in [1.807, 2.05) is 23.9 Å². The molecule has 0 fully saturated rings. The molecule has 0 aliphatic heterocycles. The largest absolute Gasteiger partial charge is 0.493 e. The molecule has 1 aromatic carbocycles. The smallest absolute Gasteiger partial charge is 0.165 e. The average molecular weight is 283 g/mol. The van der Waals surface area contributed by atoms with Crippen LogP contribution in [0, 0.1) is 0 Å². The molecular weight excluding hydrogens is 258 g/mol. The Kier molecular flexibility index (Phi) is 8.50. The van der Waals surface area contributed by atoms with Crippen LogP contribution < -0.4 is 14.8 Å². The second kappa shape index (κ2) is 9.98. The minimum atomic E-state index is 0.738. The minimum absolute atomic E-state index is 0.738. The van der Waals surface area contributed by atoms with Gasteiger partial charge in [0, 0.05) is 12.1 Å². The molecule has 0 heterocycles. The van der Waals surface area contributed by atoms with Gasteiger partial charge < -0.3 is 14.8 Å². The van der Waals surface area contributed by atoms with E-state index in [0.717, 1.165) is 55.4 Å². The highest BCUT2D eigenvalue weighted by Gasteiger charge is 2.10. The molecule has 1 rings (SSSR count). The standard InChI is InChI=1S/C15H25NO2S/c1-4-9-16-12-13-7-5-8-14(17-2)15(13)18-10-6-11-19-3/h5,7-8,16H,4,6,9-12H2,1-3H3. The number of thioether (sulfide) groups is 1. The summed E-state index contributed by atoms with van der Waals surface area (Å²) in [4.78, 5) is 0. The van der Waals surface area contributed by atoms with E-state index < -0.39 is 0 Å². The Morgan fingerprint density at radius 2 is 2.16 bits per heavy atom. The van der Waals surface area contributed by atoms with E-state index in [1.165, 1.54) is 0 Å². The third-order valence-corrected chi connectivity index (χ3v) is 3.46. The van der Waals surface area contributed by atoms with E-state index in [4.69, 9.17) is 9.47 Å². The van der Waals surface area contributed by atoms with Crippen molar-refractivity contribution >= 4 is 11.8 Å². The van der Waals surface area contributed by atoms with Crippen LogP contribution in [0.2, 0.25) is 0 Å². The molecule has 0 aromatic heterocycles. The maximum Gasteiger partial charge on any atom is 0.165 e. The molecule has 1 N–H and O–H groups in total. The van der Waals surface area contributed by atoms with Gasteiger partial charge in [-0.15, -0.1) is 0 Å². The van der Waals surface area contributed by atoms with E-state index in [2.05, 4.69) is 24.6 Å². The van der Waals surface area contributed by atoms with Gasteiger partial charge in [0.2, 0.25) is 0 Å². The normalized spacial score (nSPS) is 10.5. The predicted molar refractivity (Wildman–Crippen MR) is 83.5 cm³/mol. The summed E-state index contributed by atoms with van der Waals surface area (Å²) in [6.07, 6.45) is 4.30. The summed E-state index contributed by atoms with van der Waals surface area (Å²) < 4.78 is 11.3. The van der Waals surface area contributed by atoms with Gasteiger partial charge in [0.15, 0.2) is 11.5 Å². The van der Waals surface area contributed by atoms with Crippen LogP contribution in [0.3, 0.4) is 0 Å². The van der Waals surface area contributed by atoms with Crippen molar-refractivity contribution in [1.82, 2.24) is 5.32 Å². The highest BCUT2D eigenvalue weighted by atomic mass is 32.2. The molecular formula is C15H25NO2S. The molecule has 0 spiro atoms. The van der Waals surface area contributed by atoms with Crippen LogP contribution in [-0.4, -0.2) is 32.3 Å². The highest BCUT2D eigenvalue weighted by Crippen LogP contribution is 2.31. The number of nitrogens with one attached hydrogen (secondary N) is 1. The van der Waals surface area contributed by atoms with Crippen molar-refractivity contribution in [3.05, 3.63) is 23.8 Å². The molecule has 0 radical (unpaired) electrons. The van der Waals surface area contributed by atoms with Gasteiger partial charge in [-0.3, -0.25) is 0 Å². The number of hydrogen-bond donors (Lipinski definition) is 1. The summed E-state index contributed by atoms with van der Waals surface area (Å²) in [7, 11) is 1.69. The van der Waals surface area contributed by atoms with Crippen molar-refractivity contribution in [3.8, 4) is 11.5 Å². The summed E-state index contributed by atoms with van der Waals surface area (Å²) in [5.41, 5.74) is 1.16. The molecule has 108 valence electrons. The van der Waals surface area contributed by atoms with Crippen LogP contribution in [0.4, 0.5) is 0 Å². The van der Waals surface area contributed by atoms with Crippen molar-refractivity contribution in [1.29, 1.82) is 0 Å². The summed E-state index contributed by atoms with van der Waals surface area (Å²) in [5, 5.41) is 3.40. The third kappa shape index (κ3) is 5.74. The SMILES string of the molecule is CCCNCc1cccc(OC)c1OCCCSC. The summed E-state index contributed by atoms with van der Waals surface area (Å²) in [6.45, 7) is 4.74. The van der Waals surface area contributed by atoms with Crippen LogP contribution >= 0.6 is 11.8 Å². The quantitative estimate of drug-likeness (QED) is 0.667. The number of hydrogen-bond acceptors (Lipinski definition) is 4. The van der Waals surface area contributed by atoms with Gasteiger partial charge in [-0.1, -0.05) is 19.1 Å². The molecule has 0 aliphatic rings. The first kappa shape index (κ1) is 16.2. The topological polar surface area (TPSA) is 30.5 Å². The average Bonchev–Trinajstić information content (AvgIpc) is 2.44. The Hall–Kier alpha value is -0.870. The van der Waals surface area contributed by atoms with Crippen LogP contribution in [0.5, 0.6) is 11.5 Å². The molecule has 4 heteroatoms. The summed E-state index contributed by atoms with van der Waals surface area (Å²) in [5.74, 6) is 2.83. The Balaban J connectivity index is 2.66. The van der Waals surface area contributed by atoms with Crippen molar-refractivity contribution in [2.45, 2.75) is 26.3 Å². The molecule has 1 aromatic rings. The van der Waals surface area contributed by atoms with Gasteiger partial charge >= 0.3 is 0 Å². The van der Waals surface area contributed by atoms with Crippen LogP contribution in [0.1, 0.15) is 25.3 Å². The Morgan fingerprint density at radius 3 is 2.84 bits per heavy atom. The first-order chi connectivity index (χ1) is 9.33. The van der Waals surface area contributed by atoms with Crippen molar-refractivity contribution < 1.29 is 9.47 Å². The Bertz CT molecular complexity index is 358. The van der Waals surface area contributed by atoms with Crippen LogP contribution in [0.25, 0.3) is 0 Å². The van der Waals surface area contributed by atoms with Crippen molar-refractivity contribution in [2.75, 3.05) is 32.3 Å². The Labute approximate surface area is 121 Å². The monoisotopic (exact) mass is 283 g/mol. The zero-order chi connectivity index (χ0) is 13.9. The highest BCUT2D eigenvalue weighted by molar-refractivity contribution is 7.98. The van der Waals surface area contributed by atoms with E-state index in [1.54, 1.807) is 7.11 Å². The second-order valence-electron chi connectivity index (χ2n) is 4.32. The van der Waals surface area contributed by atoms with E-state index in [0.29, 0.717) is 0 Å². The van der Waals surface area contributed by atoms with Crippen LogP contribution in [-0.2, 0) is 6.54 Å². The van der Waals surface area contributed by atoms with Gasteiger partial charge in [0.05, 0.1) is 13.7 Å². The van der Waals surface area contributed by atoms with E-state index in [9.17, 15) is 0 Å². The van der Waals surface area contributed by atoms with Gasteiger partial charge in [-0.05, 0) is 37.5 Å². The van der Waals surface area contributed by atoms with Gasteiger partial charge in [-0.2, -0.15) is 11.8 Å². The maximum atomic E-state index is 5.91. The number of para-hydroxylation sites is 1. The molecule has 0 unspecified atom stereocenters. The lowest BCUT2D eigenvalue weighted by molar-refractivity contribution is 0.291. The number of ether oxygens (including phenoxy) is 2. The minimum Gasteiger partial charge on any atom is -0.493 e. The van der Waals surface area contributed by atoms with Crippen molar-refractivity contribution in [3.63, 3.8) is 0 Å².